The summed E-state index contributed by atoms with van der Waals surface area (Å²) < 4.78 is 30.1. The summed E-state index contributed by atoms with van der Waals surface area (Å²) in [6, 6.07) is 6.62. The molecule has 0 aliphatic carbocycles. The zero-order valence-corrected chi connectivity index (χ0v) is 52.2. The van der Waals surface area contributed by atoms with Gasteiger partial charge < -0.3 is 50.1 Å². The maximum atomic E-state index is 14.4. The number of anilines is 2. The Morgan fingerprint density at radius 2 is 1.69 bits per heavy atom. The highest BCUT2D eigenvalue weighted by Gasteiger charge is 2.64. The lowest BCUT2D eigenvalue weighted by Gasteiger charge is -2.41. The minimum atomic E-state index is -1.64. The van der Waals surface area contributed by atoms with Crippen molar-refractivity contribution in [3.63, 3.8) is 0 Å². The van der Waals surface area contributed by atoms with Gasteiger partial charge in [0.15, 0.2) is 5.78 Å². The van der Waals surface area contributed by atoms with Crippen LogP contribution < -0.4 is 31.3 Å². The van der Waals surface area contributed by atoms with Crippen molar-refractivity contribution < 1.29 is 67.1 Å². The Morgan fingerprint density at radius 3 is 2.33 bits per heavy atom. The Balaban J connectivity index is 1.31. The molecule has 5 amide bonds. The third-order valence-electron chi connectivity index (χ3n) is 16.5. The lowest BCUT2D eigenvalue weighted by atomic mass is 9.78. The predicted molar refractivity (Wildman–Crippen MR) is 320 cm³/mol. The SMILES string of the molecule is CCC(CC)C(=O)CCCCCCC(=O)C[C@H](C(=O)N[C@@H](CCCNC(N)=O)C(=O)Cc1ccc(NC(=O)O[C@H]2CC(=O)N(C)c3cc(cc(OC)c3Cl)C/C(C)=C/C=C/[C@@H](OC)[C@]3(O)CC(=O)O[C@@H](C3)[C@@H](C)[C@@H]3O[C@@]23C)cc1Br)C(C)C. The highest BCUT2D eigenvalue weighted by atomic mass is 79.9. The predicted octanol–water partition coefficient (Wildman–Crippen LogP) is 10.0. The second-order valence-corrected chi connectivity index (χ2v) is 24.3. The van der Waals surface area contributed by atoms with Crippen LogP contribution in [0.5, 0.6) is 5.75 Å². The van der Waals surface area contributed by atoms with E-state index in [1.54, 1.807) is 63.4 Å². The van der Waals surface area contributed by atoms with E-state index in [0.29, 0.717) is 59.4 Å². The number of carbonyl (C=O) groups excluding carboxylic acids is 8. The molecule has 9 atom stereocenters. The van der Waals surface area contributed by atoms with Crippen molar-refractivity contribution in [3.05, 3.63) is 74.8 Å². The van der Waals surface area contributed by atoms with E-state index in [4.69, 9.17) is 41.0 Å². The quantitative estimate of drug-likeness (QED) is 0.0333. The molecule has 0 unspecified atom stereocenters. The van der Waals surface area contributed by atoms with Crippen LogP contribution in [0.25, 0.3) is 0 Å². The summed E-state index contributed by atoms with van der Waals surface area (Å²) in [5, 5.41) is 20.4. The molecule has 3 heterocycles. The smallest absolute Gasteiger partial charge is 0.412 e. The molecule has 2 fully saturated rings. The number of aliphatic hydroxyl groups is 1. The Bertz CT molecular complexity index is 2720. The van der Waals surface area contributed by atoms with Crippen molar-refractivity contribution in [1.82, 2.24) is 10.6 Å². The van der Waals surface area contributed by atoms with E-state index in [0.717, 1.165) is 43.2 Å². The third kappa shape index (κ3) is 19.2. The van der Waals surface area contributed by atoms with Crippen LogP contribution in [-0.2, 0) is 60.6 Å². The monoisotopic (exact) mass is 1240 g/mol. The molecule has 3 aliphatic heterocycles. The molecule has 4 bridgehead atoms. The summed E-state index contributed by atoms with van der Waals surface area (Å²) in [5.41, 5.74) is 5.18. The van der Waals surface area contributed by atoms with Gasteiger partial charge in [-0.1, -0.05) is 105 Å². The number of primary amides is 1. The first-order valence-electron chi connectivity index (χ1n) is 29.0. The first-order valence-corrected chi connectivity index (χ1v) is 30.2. The first kappa shape index (κ1) is 68.1. The number of methoxy groups -OCH3 is 2. The van der Waals surface area contributed by atoms with E-state index in [-0.39, 0.29) is 79.2 Å². The van der Waals surface area contributed by atoms with Crippen molar-refractivity contribution in [2.75, 3.05) is 38.0 Å². The molecule has 5 rings (SSSR count). The Labute approximate surface area is 502 Å². The molecule has 19 nitrogen and oxygen atoms in total. The Hall–Kier alpha value is -5.67. The van der Waals surface area contributed by atoms with Gasteiger partial charge in [0.1, 0.15) is 51.9 Å². The highest BCUT2D eigenvalue weighted by molar-refractivity contribution is 9.10. The Morgan fingerprint density at radius 1 is 0.988 bits per heavy atom. The molecule has 2 aromatic rings. The second-order valence-electron chi connectivity index (χ2n) is 23.1. The lowest BCUT2D eigenvalue weighted by Crippen LogP contribution is -2.53. The van der Waals surface area contributed by atoms with E-state index in [9.17, 15) is 43.5 Å². The summed E-state index contributed by atoms with van der Waals surface area (Å²) in [5.74, 6) is -2.67. The maximum Gasteiger partial charge on any atom is 0.412 e. The van der Waals surface area contributed by atoms with Gasteiger partial charge in [-0.15, -0.1) is 0 Å². The summed E-state index contributed by atoms with van der Waals surface area (Å²) in [6.45, 7) is 13.3. The largest absolute Gasteiger partial charge is 0.495 e. The number of epoxide rings is 1. The molecule has 0 spiro atoms. The molecule has 3 aliphatic rings. The van der Waals surface area contributed by atoms with E-state index in [2.05, 4.69) is 31.9 Å². The fourth-order valence-electron chi connectivity index (χ4n) is 11.2. The fraction of sp³-hybridized carbons (Fsp3) is 0.613. The van der Waals surface area contributed by atoms with Gasteiger partial charge in [-0.25, -0.2) is 9.59 Å². The number of halogens is 2. The number of esters is 1. The molecule has 2 aromatic carbocycles. The number of urea groups is 1. The standard InChI is InChI=1S/C62H87BrClN5O14/c1-11-40(12-2)48(71)22-16-14-13-15-20-43(70)32-44(36(3)4)58(75)68-46(21-18-26-66-59(65)76)49(72)30-41-24-25-42(31-45(41)63)67-60(77)82-53-33-54(73)69(8)47-28-39(29-50(79-9)56(47)64)27-37(5)19-17-23-52(80-10)62(78)34-51(81-55(74)35-62)38(6)57-61(53,7)83-57/h17,19,23-25,28-29,31,36,38,40,44,46,51-53,57,78H,11-16,18,20-22,26-27,30,32-35H2,1-10H3,(H,67,77)(H,68,75)(H3,65,66,76)/b23-17+,37-19+/t38-,44+,46+,51+,52-,53+,57+,61+,62-/m1/s1. The molecule has 0 radical (unpaired) electrons. The van der Waals surface area contributed by atoms with Crippen LogP contribution >= 0.6 is 27.5 Å². The number of nitrogens with zero attached hydrogens (tertiary/aromatic N) is 1. The van der Waals surface area contributed by atoms with E-state index >= 15 is 0 Å². The number of ether oxygens (including phenoxy) is 5. The third-order valence-corrected chi connectivity index (χ3v) is 17.6. The van der Waals surface area contributed by atoms with Gasteiger partial charge in [0.2, 0.25) is 11.8 Å². The van der Waals surface area contributed by atoms with Crippen LogP contribution in [0.15, 0.2) is 58.6 Å². The van der Waals surface area contributed by atoms with Gasteiger partial charge in [-0.05, 0) is 100 Å². The van der Waals surface area contributed by atoms with Gasteiger partial charge in [-0.3, -0.25) is 34.1 Å². The lowest BCUT2D eigenvalue weighted by molar-refractivity contribution is -0.187. The number of hydrogen-bond acceptors (Lipinski definition) is 14. The van der Waals surface area contributed by atoms with Crippen LogP contribution in [-0.4, -0.2) is 122 Å². The molecule has 0 saturated carbocycles. The molecule has 0 aromatic heterocycles. The average Bonchev–Trinajstić information content (AvgIpc) is 2.37. The number of fused-ring (bicyclic) bond motifs is 5. The highest BCUT2D eigenvalue weighted by Crippen LogP contribution is 2.50. The van der Waals surface area contributed by atoms with Crippen molar-refractivity contribution in [2.24, 2.45) is 29.4 Å². The van der Waals surface area contributed by atoms with Gasteiger partial charge in [0, 0.05) is 80.7 Å². The second kappa shape index (κ2) is 31.5. The summed E-state index contributed by atoms with van der Waals surface area (Å²) >= 11 is 10.4. The number of carbonyl (C=O) groups is 8. The van der Waals surface area contributed by atoms with Crippen molar-refractivity contribution in [3.8, 4) is 5.75 Å². The van der Waals surface area contributed by atoms with Crippen LogP contribution in [0.3, 0.4) is 0 Å². The number of rotatable bonds is 26. The number of unbranched alkanes of at least 4 members (excludes halogenated alkanes) is 3. The van der Waals surface area contributed by atoms with Gasteiger partial charge >= 0.3 is 18.1 Å². The van der Waals surface area contributed by atoms with Crippen molar-refractivity contribution in [2.45, 2.75) is 193 Å². The van der Waals surface area contributed by atoms with Crippen molar-refractivity contribution >= 4 is 86.2 Å². The first-order chi connectivity index (χ1) is 39.3. The van der Waals surface area contributed by atoms with E-state index in [1.807, 2.05) is 40.7 Å². The van der Waals surface area contributed by atoms with Crippen LogP contribution in [0, 0.1) is 23.7 Å². The normalized spacial score (nSPS) is 24.5. The summed E-state index contributed by atoms with van der Waals surface area (Å²) in [4.78, 5) is 108. The van der Waals surface area contributed by atoms with E-state index in [1.165, 1.54) is 19.1 Å². The number of Topliss-reactive ketones (excluding diaryl/α,β-unsaturated/α-hetero) is 3. The summed E-state index contributed by atoms with van der Waals surface area (Å²) in [7, 11) is 4.48. The molecule has 6 N–H and O–H groups in total. The number of ketones is 3. The van der Waals surface area contributed by atoms with Crippen molar-refractivity contribution in [1.29, 1.82) is 0 Å². The number of nitrogens with two attached hydrogens (primary N) is 1. The number of benzene rings is 2. The molecule has 21 heteroatoms. The molecular weight excluding hydrogens is 1150 g/mol. The van der Waals surface area contributed by atoms with Crippen LogP contribution in [0.4, 0.5) is 21.0 Å². The number of amides is 5. The topological polar surface area (TPSA) is 272 Å². The van der Waals surface area contributed by atoms with E-state index < -0.39 is 83.4 Å². The van der Waals surface area contributed by atoms with Gasteiger partial charge in [-0.2, -0.15) is 0 Å². The summed E-state index contributed by atoms with van der Waals surface area (Å²) in [6.07, 6.45) is 6.41. The zero-order chi connectivity index (χ0) is 61.3. The van der Waals surface area contributed by atoms with Crippen LogP contribution in [0.2, 0.25) is 5.02 Å². The average molecular weight is 1240 g/mol. The number of hydrogen-bond donors (Lipinski definition) is 5. The van der Waals surface area contributed by atoms with Gasteiger partial charge in [0.05, 0.1) is 37.8 Å². The minimum absolute atomic E-state index is 0.00645. The fourth-order valence-corrected chi connectivity index (χ4v) is 12.1. The zero-order valence-electron chi connectivity index (χ0n) is 49.9. The number of allylic oxidation sites excluding steroid dienone is 3. The molecule has 458 valence electrons. The van der Waals surface area contributed by atoms with Crippen LogP contribution in [0.1, 0.15) is 149 Å². The van der Waals surface area contributed by atoms with Gasteiger partial charge in [0.25, 0.3) is 0 Å². The Kier molecular flexibility index (Phi) is 25.8. The molecule has 83 heavy (non-hydrogen) atoms. The number of nitrogens with one attached hydrogen (secondary N) is 3. The molecular formula is C62H87BrClN5O14. The minimum Gasteiger partial charge on any atom is -0.495 e. The maximum absolute atomic E-state index is 14.4. The molecule has 2 saturated heterocycles.